The molecule has 0 saturated carbocycles. The molecule has 9 nitrogen and oxygen atoms in total. The molecule has 0 aliphatic carbocycles. The van der Waals surface area contributed by atoms with Crippen LogP contribution in [0.5, 0.6) is 0 Å². The summed E-state index contributed by atoms with van der Waals surface area (Å²) in [5.41, 5.74) is 0. The highest BCUT2D eigenvalue weighted by molar-refractivity contribution is 7.47. The van der Waals surface area contributed by atoms with Gasteiger partial charge in [-0.25, -0.2) is 4.57 Å². The van der Waals surface area contributed by atoms with E-state index in [4.69, 9.17) is 18.5 Å². The van der Waals surface area contributed by atoms with E-state index in [0.29, 0.717) is 30.3 Å². The molecule has 2 atom stereocenters. The van der Waals surface area contributed by atoms with Crippen LogP contribution in [0.25, 0.3) is 0 Å². The number of quaternary nitrogens is 1. The molecular weight excluding hydrogens is 701 g/mol. The zero-order valence-corrected chi connectivity index (χ0v) is 35.1. The van der Waals surface area contributed by atoms with Crippen molar-refractivity contribution in [2.75, 3.05) is 47.5 Å². The van der Waals surface area contributed by atoms with Crippen LogP contribution >= 0.6 is 7.82 Å². The second kappa shape index (κ2) is 35.6. The van der Waals surface area contributed by atoms with E-state index in [1.807, 2.05) is 33.3 Å². The fourth-order valence-electron chi connectivity index (χ4n) is 4.42. The third kappa shape index (κ3) is 38.6. The SMILES string of the molecule is CCC/C=C\C/C=C\C/C=C\C/C=C\CCCC(=O)OCC(COP(=O)(O)OCC[N+](C)(C)C)OC(=O)CCC/C=C\C/C=C\C/C=C\C/C=C\CCC. The number of hydrogen-bond donors (Lipinski definition) is 1. The van der Waals surface area contributed by atoms with Gasteiger partial charge in [0.05, 0.1) is 27.7 Å². The first kappa shape index (κ1) is 50.9. The highest BCUT2D eigenvalue weighted by Gasteiger charge is 2.27. The number of hydrogen-bond acceptors (Lipinski definition) is 7. The van der Waals surface area contributed by atoms with Crippen molar-refractivity contribution in [1.82, 2.24) is 0 Å². The molecule has 0 rings (SSSR count). The minimum Gasteiger partial charge on any atom is -0.462 e. The molecule has 0 aromatic rings. The third-order valence-corrected chi connectivity index (χ3v) is 8.53. The highest BCUT2D eigenvalue weighted by Crippen LogP contribution is 2.43. The molecule has 0 aromatic heterocycles. The van der Waals surface area contributed by atoms with E-state index in [9.17, 15) is 19.0 Å². The molecule has 10 heteroatoms. The quantitative estimate of drug-likeness (QED) is 0.0226. The summed E-state index contributed by atoms with van der Waals surface area (Å²) >= 11 is 0. The van der Waals surface area contributed by atoms with E-state index >= 15 is 0 Å². The normalized spacial score (nSPS) is 14.7. The van der Waals surface area contributed by atoms with E-state index in [1.165, 1.54) is 12.8 Å². The number of phosphoric ester groups is 1. The summed E-state index contributed by atoms with van der Waals surface area (Å²) in [5.74, 6) is -0.945. The van der Waals surface area contributed by atoms with Gasteiger partial charge in [0.25, 0.3) is 0 Å². The van der Waals surface area contributed by atoms with Gasteiger partial charge >= 0.3 is 19.8 Å². The molecule has 0 radical (unpaired) electrons. The number of carbonyl (C=O) groups is 2. The van der Waals surface area contributed by atoms with Gasteiger partial charge in [-0.3, -0.25) is 18.6 Å². The van der Waals surface area contributed by atoms with Gasteiger partial charge in [0.15, 0.2) is 6.10 Å². The number of nitrogens with zero attached hydrogens (tertiary/aromatic N) is 1. The monoisotopic (exact) mass is 775 g/mol. The number of allylic oxidation sites excluding steroid dienone is 16. The van der Waals surface area contributed by atoms with Crippen molar-refractivity contribution < 1.29 is 42.1 Å². The molecule has 0 fully saturated rings. The fraction of sp³-hybridized carbons (Fsp3) is 0.591. The van der Waals surface area contributed by atoms with Crippen LogP contribution in [0, 0.1) is 0 Å². The van der Waals surface area contributed by atoms with Crippen molar-refractivity contribution in [1.29, 1.82) is 0 Å². The largest absolute Gasteiger partial charge is 0.472 e. The second-order valence-electron chi connectivity index (χ2n) is 14.0. The predicted molar refractivity (Wildman–Crippen MR) is 224 cm³/mol. The van der Waals surface area contributed by atoms with Crippen LogP contribution in [0.3, 0.4) is 0 Å². The van der Waals surface area contributed by atoms with Gasteiger partial charge in [-0.05, 0) is 77.0 Å². The maximum absolute atomic E-state index is 12.6. The van der Waals surface area contributed by atoms with Crippen LogP contribution in [0.2, 0.25) is 0 Å². The van der Waals surface area contributed by atoms with Gasteiger partial charge in [0, 0.05) is 12.8 Å². The fourth-order valence-corrected chi connectivity index (χ4v) is 5.16. The Hall–Kier alpha value is -3.07. The van der Waals surface area contributed by atoms with E-state index in [2.05, 4.69) is 98.9 Å². The van der Waals surface area contributed by atoms with Gasteiger partial charge < -0.3 is 18.9 Å². The first-order chi connectivity index (χ1) is 26.0. The van der Waals surface area contributed by atoms with Crippen molar-refractivity contribution in [3.05, 3.63) is 97.2 Å². The summed E-state index contributed by atoms with van der Waals surface area (Å²) in [6.07, 6.45) is 46.2. The Kier molecular flexibility index (Phi) is 33.6. The lowest BCUT2D eigenvalue weighted by molar-refractivity contribution is -0.870. The predicted octanol–water partition coefficient (Wildman–Crippen LogP) is 11.0. The number of ether oxygens (including phenoxy) is 2. The molecule has 54 heavy (non-hydrogen) atoms. The molecule has 0 amide bonds. The first-order valence-corrected chi connectivity index (χ1v) is 21.5. The topological polar surface area (TPSA) is 108 Å². The third-order valence-electron chi connectivity index (χ3n) is 7.55. The molecule has 306 valence electrons. The average Bonchev–Trinajstić information content (AvgIpc) is 3.12. The molecule has 0 spiro atoms. The Balaban J connectivity index is 4.63. The number of esters is 2. The number of likely N-dealkylation sites (N-methyl/N-ethyl adjacent to an activating group) is 1. The van der Waals surface area contributed by atoms with E-state index in [-0.39, 0.29) is 26.1 Å². The van der Waals surface area contributed by atoms with Crippen molar-refractivity contribution in [3.8, 4) is 0 Å². The molecule has 0 aliphatic rings. The molecule has 0 heterocycles. The Labute approximate surface area is 328 Å². The molecule has 0 saturated heterocycles. The van der Waals surface area contributed by atoms with E-state index < -0.39 is 32.5 Å². The number of rotatable bonds is 34. The van der Waals surface area contributed by atoms with Crippen LogP contribution in [-0.4, -0.2) is 74.9 Å². The van der Waals surface area contributed by atoms with Crippen molar-refractivity contribution in [2.24, 2.45) is 0 Å². The summed E-state index contributed by atoms with van der Waals surface area (Å²) in [5, 5.41) is 0. The molecule has 0 aromatic carbocycles. The molecule has 0 aliphatic heterocycles. The summed E-state index contributed by atoms with van der Waals surface area (Å²) in [7, 11) is 1.39. The zero-order chi connectivity index (χ0) is 40.0. The summed E-state index contributed by atoms with van der Waals surface area (Å²) in [6.45, 7) is 4.11. The lowest BCUT2D eigenvalue weighted by Crippen LogP contribution is -2.37. The molecular formula is C44H73NO8P+. The minimum atomic E-state index is -4.40. The number of carbonyl (C=O) groups excluding carboxylic acids is 2. The van der Waals surface area contributed by atoms with Crippen LogP contribution in [0.15, 0.2) is 97.2 Å². The summed E-state index contributed by atoms with van der Waals surface area (Å²) in [6, 6.07) is 0. The lowest BCUT2D eigenvalue weighted by atomic mass is 10.2. The maximum Gasteiger partial charge on any atom is 0.472 e. The number of unbranched alkanes of at least 4 members (excludes halogenated alkanes) is 4. The van der Waals surface area contributed by atoms with Crippen LogP contribution in [0.1, 0.15) is 117 Å². The lowest BCUT2D eigenvalue weighted by Gasteiger charge is -2.24. The molecule has 0 bridgehead atoms. The van der Waals surface area contributed by atoms with Crippen molar-refractivity contribution in [3.63, 3.8) is 0 Å². The first-order valence-electron chi connectivity index (χ1n) is 20.0. The average molecular weight is 775 g/mol. The maximum atomic E-state index is 12.6. The van der Waals surface area contributed by atoms with Gasteiger partial charge in [0.2, 0.25) is 0 Å². The number of phosphoric acid groups is 1. The Morgan fingerprint density at radius 1 is 0.574 bits per heavy atom. The van der Waals surface area contributed by atoms with E-state index in [0.717, 1.165) is 57.8 Å². The van der Waals surface area contributed by atoms with Crippen molar-refractivity contribution >= 4 is 19.8 Å². The van der Waals surface area contributed by atoms with Crippen LogP contribution in [0.4, 0.5) is 0 Å². The zero-order valence-electron chi connectivity index (χ0n) is 34.2. The van der Waals surface area contributed by atoms with Gasteiger partial charge in [-0.15, -0.1) is 0 Å². The second-order valence-corrected chi connectivity index (χ2v) is 15.4. The standard InChI is InChI=1S/C44H72NO8P/c1-6-8-10-12-14-16-18-20-22-24-26-28-30-32-34-36-43(46)50-40-42(41-52-54(48,49)51-39-38-45(3,4)5)53-44(47)37-35-33-31-29-27-25-23-21-19-17-15-13-11-9-7-2/h10-13,16-19,22-25,28-31,42H,6-9,14-15,20-21,26-27,32-41H2,1-5H3/p+1/b12-10-,13-11-,18-16-,19-17-,24-22-,25-23-,30-28-,31-29-. The Morgan fingerprint density at radius 2 is 0.963 bits per heavy atom. The Bertz CT molecular complexity index is 1240. The molecule has 1 N–H and O–H groups in total. The van der Waals surface area contributed by atoms with Gasteiger partial charge in [-0.1, -0.05) is 124 Å². The van der Waals surface area contributed by atoms with Gasteiger partial charge in [-0.2, -0.15) is 0 Å². The minimum absolute atomic E-state index is 0.00736. The van der Waals surface area contributed by atoms with Crippen LogP contribution < -0.4 is 0 Å². The smallest absolute Gasteiger partial charge is 0.462 e. The van der Waals surface area contributed by atoms with Crippen LogP contribution in [-0.2, 0) is 32.7 Å². The summed E-state index contributed by atoms with van der Waals surface area (Å²) in [4.78, 5) is 35.2. The Morgan fingerprint density at radius 3 is 1.37 bits per heavy atom. The highest BCUT2D eigenvalue weighted by atomic mass is 31.2. The van der Waals surface area contributed by atoms with Crippen molar-refractivity contribution in [2.45, 2.75) is 123 Å². The molecule has 2 unspecified atom stereocenters. The summed E-state index contributed by atoms with van der Waals surface area (Å²) < 4.78 is 34.1. The van der Waals surface area contributed by atoms with E-state index in [1.54, 1.807) is 0 Å². The van der Waals surface area contributed by atoms with Gasteiger partial charge in [0.1, 0.15) is 19.8 Å².